The highest BCUT2D eigenvalue weighted by Crippen LogP contribution is 2.49. The number of fused-ring (bicyclic) bond motifs is 6. The Morgan fingerprint density at radius 3 is 2.70 bits per heavy atom. The first-order valence-corrected chi connectivity index (χ1v) is 11.0. The van der Waals surface area contributed by atoms with E-state index in [1.807, 2.05) is 24.3 Å². The molecule has 168 valence electrons. The normalized spacial score (nSPS) is 27.1. The van der Waals surface area contributed by atoms with Gasteiger partial charge in [0.15, 0.2) is 23.7 Å². The average Bonchev–Trinajstić information content (AvgIpc) is 3.44. The third kappa shape index (κ3) is 3.15. The van der Waals surface area contributed by atoms with Crippen molar-refractivity contribution in [2.45, 2.75) is 30.6 Å². The smallest absolute Gasteiger partial charge is 0.339 e. The monoisotopic (exact) mass is 445 g/mol. The molecule has 0 unspecified atom stereocenters. The highest BCUT2D eigenvalue weighted by Gasteiger charge is 2.52. The van der Waals surface area contributed by atoms with Crippen LogP contribution in [0.2, 0.25) is 0 Å². The molecule has 7 nitrogen and oxygen atoms in total. The predicted octanol–water partition coefficient (Wildman–Crippen LogP) is 3.55. The van der Waals surface area contributed by atoms with E-state index in [9.17, 15) is 9.59 Å². The lowest BCUT2D eigenvalue weighted by atomic mass is 9.73. The number of esters is 2. The van der Waals surface area contributed by atoms with E-state index >= 15 is 0 Å². The summed E-state index contributed by atoms with van der Waals surface area (Å²) in [5.74, 6) is 0.0823. The molecule has 0 bridgehead atoms. The Balaban J connectivity index is 1.39. The van der Waals surface area contributed by atoms with Gasteiger partial charge >= 0.3 is 11.9 Å². The maximum atomic E-state index is 13.0. The van der Waals surface area contributed by atoms with Crippen molar-refractivity contribution in [3.8, 4) is 11.5 Å². The van der Waals surface area contributed by atoms with Gasteiger partial charge in [-0.15, -0.1) is 0 Å². The van der Waals surface area contributed by atoms with Crippen molar-refractivity contribution in [2.24, 2.45) is 0 Å². The van der Waals surface area contributed by atoms with Gasteiger partial charge in [0.05, 0.1) is 11.1 Å². The number of carbonyl (C=O) groups is 2. The largest absolute Gasteiger partial charge is 0.454 e. The summed E-state index contributed by atoms with van der Waals surface area (Å²) in [6.07, 6.45) is 3.25. The van der Waals surface area contributed by atoms with Crippen LogP contribution in [0.3, 0.4) is 0 Å². The van der Waals surface area contributed by atoms with Crippen LogP contribution in [0.1, 0.15) is 44.2 Å². The van der Waals surface area contributed by atoms with Crippen LogP contribution in [0, 0.1) is 0 Å². The second-order valence-electron chi connectivity index (χ2n) is 8.80. The third-order valence-corrected chi connectivity index (χ3v) is 7.00. The van der Waals surface area contributed by atoms with E-state index in [1.165, 1.54) is 5.57 Å². The Kier molecular flexibility index (Phi) is 4.55. The van der Waals surface area contributed by atoms with E-state index in [4.69, 9.17) is 18.9 Å². The lowest BCUT2D eigenvalue weighted by Gasteiger charge is -2.44. The number of hydrogen-bond donors (Lipinski definition) is 0. The van der Waals surface area contributed by atoms with Crippen LogP contribution < -0.4 is 9.47 Å². The van der Waals surface area contributed by atoms with Gasteiger partial charge in [0.25, 0.3) is 0 Å². The van der Waals surface area contributed by atoms with Crippen molar-refractivity contribution in [3.63, 3.8) is 0 Å². The summed E-state index contributed by atoms with van der Waals surface area (Å²) in [6.45, 7) is 4.75. The summed E-state index contributed by atoms with van der Waals surface area (Å²) in [5.41, 5.74) is 3.88. The molecule has 3 heterocycles. The van der Waals surface area contributed by atoms with Crippen LogP contribution in [0.15, 0.2) is 54.6 Å². The number of likely N-dealkylation sites (N-methyl/N-ethyl adjacent to an activating group) is 1. The first kappa shape index (κ1) is 20.1. The van der Waals surface area contributed by atoms with Crippen LogP contribution in [0.4, 0.5) is 0 Å². The molecule has 33 heavy (non-hydrogen) atoms. The number of benzene rings is 2. The molecule has 3 aliphatic heterocycles. The number of rotatable bonds is 3. The van der Waals surface area contributed by atoms with Gasteiger partial charge in [0, 0.05) is 18.5 Å². The number of hydrogen-bond acceptors (Lipinski definition) is 7. The first-order chi connectivity index (χ1) is 16.0. The minimum absolute atomic E-state index is 0.0593. The Morgan fingerprint density at radius 1 is 1.18 bits per heavy atom. The predicted molar refractivity (Wildman–Crippen MR) is 119 cm³/mol. The minimum atomic E-state index is -0.679. The quantitative estimate of drug-likeness (QED) is 0.528. The summed E-state index contributed by atoms with van der Waals surface area (Å²) < 4.78 is 22.9. The highest BCUT2D eigenvalue weighted by atomic mass is 16.7. The van der Waals surface area contributed by atoms with Crippen LogP contribution in [0.5, 0.6) is 11.5 Å². The van der Waals surface area contributed by atoms with Gasteiger partial charge in [-0.25, -0.2) is 9.59 Å². The number of likely N-dealkylation sites (tertiary alicyclic amines) is 1. The standard InChI is InChI=1S/C26H23NO6/c1-3-14-4-6-15(7-5-14)25(28)32-21-10-16-8-9-27(2)23(16)22-17-11-19-20(31-13-30-19)12-18(17)26(29)33-24(21)22/h3-7,10-12,21-24H,1,8-9,13H2,2H3/t21-,22-,23+,24+/m0/s1. The lowest BCUT2D eigenvalue weighted by Crippen LogP contribution is -2.52. The van der Waals surface area contributed by atoms with Crippen molar-refractivity contribution in [1.29, 1.82) is 0 Å². The van der Waals surface area contributed by atoms with Gasteiger partial charge in [-0.2, -0.15) is 0 Å². The molecular weight excluding hydrogens is 422 g/mol. The minimum Gasteiger partial charge on any atom is -0.454 e. The molecule has 0 N–H and O–H groups in total. The van der Waals surface area contributed by atoms with Gasteiger partial charge in [0.2, 0.25) is 6.79 Å². The fourth-order valence-corrected chi connectivity index (χ4v) is 5.38. The molecular formula is C26H23NO6. The Labute approximate surface area is 191 Å². The third-order valence-electron chi connectivity index (χ3n) is 7.00. The molecule has 0 saturated carbocycles. The first-order valence-electron chi connectivity index (χ1n) is 11.0. The Morgan fingerprint density at radius 2 is 1.94 bits per heavy atom. The van der Waals surface area contributed by atoms with Crippen molar-refractivity contribution < 1.29 is 28.5 Å². The second kappa shape index (κ2) is 7.49. The van der Waals surface area contributed by atoms with Gasteiger partial charge in [0.1, 0.15) is 0 Å². The molecule has 4 atom stereocenters. The summed E-state index contributed by atoms with van der Waals surface area (Å²) in [6, 6.07) is 10.7. The molecule has 0 radical (unpaired) electrons. The maximum absolute atomic E-state index is 13.0. The van der Waals surface area contributed by atoms with Gasteiger partial charge in [-0.3, -0.25) is 4.90 Å². The molecule has 0 spiro atoms. The van der Waals surface area contributed by atoms with Crippen LogP contribution >= 0.6 is 0 Å². The van der Waals surface area contributed by atoms with Crippen molar-refractivity contribution in [3.05, 3.63) is 76.9 Å². The van der Waals surface area contributed by atoms with E-state index in [0.717, 1.165) is 24.1 Å². The van der Waals surface area contributed by atoms with Crippen molar-refractivity contribution in [2.75, 3.05) is 20.4 Å². The fraction of sp³-hybridized carbons (Fsp3) is 0.308. The zero-order valence-electron chi connectivity index (χ0n) is 18.2. The number of ether oxygens (including phenoxy) is 4. The molecule has 2 aromatic carbocycles. The van der Waals surface area contributed by atoms with Crippen molar-refractivity contribution >= 4 is 18.0 Å². The highest BCUT2D eigenvalue weighted by molar-refractivity contribution is 5.94. The Hall–Kier alpha value is -3.58. The van der Waals surface area contributed by atoms with E-state index in [-0.39, 0.29) is 18.8 Å². The molecule has 0 aromatic heterocycles. The van der Waals surface area contributed by atoms with E-state index in [2.05, 4.69) is 18.5 Å². The summed E-state index contributed by atoms with van der Waals surface area (Å²) >= 11 is 0. The SMILES string of the molecule is C=Cc1ccc(C(=O)O[C@H]2C=C3CCN(C)[C@H]3[C@@H]3c4cc5c(cc4C(=O)O[C@@H]32)OCO5)cc1. The second-order valence-corrected chi connectivity index (χ2v) is 8.80. The van der Waals surface area contributed by atoms with E-state index < -0.39 is 24.1 Å². The van der Waals surface area contributed by atoms with E-state index in [0.29, 0.717) is 22.6 Å². The van der Waals surface area contributed by atoms with Crippen molar-refractivity contribution in [1.82, 2.24) is 4.90 Å². The fourth-order valence-electron chi connectivity index (χ4n) is 5.38. The van der Waals surface area contributed by atoms with E-state index in [1.54, 1.807) is 24.3 Å². The molecule has 1 fully saturated rings. The Bertz CT molecular complexity index is 1200. The molecule has 1 saturated heterocycles. The molecule has 0 amide bonds. The zero-order valence-corrected chi connectivity index (χ0v) is 18.2. The van der Waals surface area contributed by atoms with Gasteiger partial charge in [-0.1, -0.05) is 30.4 Å². The summed E-state index contributed by atoms with van der Waals surface area (Å²) in [7, 11) is 2.07. The van der Waals surface area contributed by atoms with Crippen LogP contribution in [-0.4, -0.2) is 55.5 Å². The molecule has 4 aliphatic rings. The molecule has 7 heteroatoms. The number of nitrogens with zero attached hydrogens (tertiary/aromatic N) is 1. The number of carbonyl (C=O) groups excluding carboxylic acids is 2. The maximum Gasteiger partial charge on any atom is 0.339 e. The van der Waals surface area contributed by atoms with Gasteiger partial charge in [-0.05, 0) is 54.9 Å². The van der Waals surface area contributed by atoms with Crippen LogP contribution in [0.25, 0.3) is 6.08 Å². The lowest BCUT2D eigenvalue weighted by molar-refractivity contribution is -0.0457. The molecule has 1 aliphatic carbocycles. The summed E-state index contributed by atoms with van der Waals surface area (Å²) in [5, 5.41) is 0. The molecule has 2 aromatic rings. The summed E-state index contributed by atoms with van der Waals surface area (Å²) in [4.78, 5) is 28.2. The molecule has 6 rings (SSSR count). The average molecular weight is 445 g/mol. The van der Waals surface area contributed by atoms with Gasteiger partial charge < -0.3 is 18.9 Å². The zero-order chi connectivity index (χ0) is 22.7. The topological polar surface area (TPSA) is 74.3 Å². The van der Waals surface area contributed by atoms with Crippen LogP contribution in [-0.2, 0) is 9.47 Å².